The minimum Gasteiger partial charge on any atom is -0.493 e. The number of aliphatic hydroxyl groups excluding tert-OH is 1. The fourth-order valence-corrected chi connectivity index (χ4v) is 4.46. The second-order valence-corrected chi connectivity index (χ2v) is 7.42. The van der Waals surface area contributed by atoms with Gasteiger partial charge in [-0.1, -0.05) is 0 Å². The molecule has 2 aliphatic heterocycles. The van der Waals surface area contributed by atoms with Crippen LogP contribution in [0.15, 0.2) is 18.2 Å². The lowest BCUT2D eigenvalue weighted by atomic mass is 9.69. The molecule has 0 spiro atoms. The Balaban J connectivity index is 1.78. The molecular weight excluding hydrogens is 332 g/mol. The smallest absolute Gasteiger partial charge is 0.254 e. The van der Waals surface area contributed by atoms with E-state index in [-0.39, 0.29) is 24.0 Å². The second-order valence-electron chi connectivity index (χ2n) is 7.42. The van der Waals surface area contributed by atoms with E-state index in [9.17, 15) is 9.90 Å². The minimum absolute atomic E-state index is 0.0110. The summed E-state index contributed by atoms with van der Waals surface area (Å²) in [6.07, 6.45) is 2.99. The summed E-state index contributed by atoms with van der Waals surface area (Å²) in [5.41, 5.74) is 0.542. The maximum atomic E-state index is 13.1. The normalized spacial score (nSPS) is 26.3. The Morgan fingerprint density at radius 3 is 2.81 bits per heavy atom. The molecular formula is C20H30N2O4. The summed E-state index contributed by atoms with van der Waals surface area (Å²) in [5, 5.41) is 10.0. The molecule has 26 heavy (non-hydrogen) atoms. The van der Waals surface area contributed by atoms with Crippen LogP contribution in [-0.4, -0.2) is 73.9 Å². The van der Waals surface area contributed by atoms with E-state index in [1.165, 1.54) is 0 Å². The lowest BCUT2D eigenvalue weighted by Gasteiger charge is -2.53. The number of aliphatic hydroxyl groups is 1. The summed E-state index contributed by atoms with van der Waals surface area (Å²) in [6, 6.07) is 5.56. The van der Waals surface area contributed by atoms with E-state index in [1.54, 1.807) is 25.3 Å². The number of hydrogen-bond donors (Lipinski definition) is 1. The third-order valence-corrected chi connectivity index (χ3v) is 6.01. The summed E-state index contributed by atoms with van der Waals surface area (Å²) in [5.74, 6) is 1.24. The fraction of sp³-hybridized carbons (Fsp3) is 0.650. The van der Waals surface area contributed by atoms with Gasteiger partial charge in [0.05, 0.1) is 20.3 Å². The number of fused-ring (bicyclic) bond motifs is 1. The van der Waals surface area contributed by atoms with Crippen LogP contribution >= 0.6 is 0 Å². The Morgan fingerprint density at radius 2 is 2.12 bits per heavy atom. The van der Waals surface area contributed by atoms with Crippen molar-refractivity contribution in [3.8, 4) is 11.5 Å². The SMILES string of the molecule is CCOc1ccc(C(=O)N2CC[C@@]3(CO)CCCN(C)[C@@H]3C2)cc1OC. The summed E-state index contributed by atoms with van der Waals surface area (Å²) in [6.45, 7) is 5.02. The minimum atomic E-state index is -0.0692. The van der Waals surface area contributed by atoms with Crippen molar-refractivity contribution in [3.63, 3.8) is 0 Å². The highest BCUT2D eigenvalue weighted by Crippen LogP contribution is 2.42. The molecule has 2 atom stereocenters. The Hall–Kier alpha value is -1.79. The molecule has 1 aromatic carbocycles. The van der Waals surface area contributed by atoms with Gasteiger partial charge in [0.25, 0.3) is 5.91 Å². The van der Waals surface area contributed by atoms with Gasteiger partial charge in [-0.15, -0.1) is 0 Å². The van der Waals surface area contributed by atoms with Crippen LogP contribution in [0.1, 0.15) is 36.5 Å². The molecule has 0 radical (unpaired) electrons. The van der Waals surface area contributed by atoms with Crippen LogP contribution in [0.4, 0.5) is 0 Å². The lowest BCUT2D eigenvalue weighted by molar-refractivity contribution is -0.0601. The van der Waals surface area contributed by atoms with Gasteiger partial charge in [-0.25, -0.2) is 0 Å². The van der Waals surface area contributed by atoms with Gasteiger partial charge in [0.2, 0.25) is 0 Å². The average molecular weight is 362 g/mol. The molecule has 2 heterocycles. The van der Waals surface area contributed by atoms with E-state index in [1.807, 2.05) is 11.8 Å². The van der Waals surface area contributed by atoms with E-state index < -0.39 is 0 Å². The number of piperidine rings is 2. The number of carbonyl (C=O) groups is 1. The van der Waals surface area contributed by atoms with Crippen molar-refractivity contribution in [3.05, 3.63) is 23.8 Å². The van der Waals surface area contributed by atoms with Gasteiger partial charge in [0.15, 0.2) is 11.5 Å². The van der Waals surface area contributed by atoms with Gasteiger partial charge in [0.1, 0.15) is 0 Å². The van der Waals surface area contributed by atoms with Crippen molar-refractivity contribution in [2.45, 2.75) is 32.2 Å². The highest BCUT2D eigenvalue weighted by Gasteiger charge is 2.47. The van der Waals surface area contributed by atoms with E-state index in [4.69, 9.17) is 9.47 Å². The number of carbonyl (C=O) groups excluding carboxylic acids is 1. The highest BCUT2D eigenvalue weighted by molar-refractivity contribution is 5.95. The van der Waals surface area contributed by atoms with E-state index in [0.717, 1.165) is 25.8 Å². The Bertz CT molecular complexity index is 651. The largest absolute Gasteiger partial charge is 0.493 e. The van der Waals surface area contributed by atoms with Crippen LogP contribution in [0.3, 0.4) is 0 Å². The van der Waals surface area contributed by atoms with Crippen molar-refractivity contribution in [2.24, 2.45) is 5.41 Å². The first-order valence-corrected chi connectivity index (χ1v) is 9.46. The van der Waals surface area contributed by atoms with Crippen LogP contribution < -0.4 is 9.47 Å². The number of rotatable bonds is 5. The van der Waals surface area contributed by atoms with Crippen LogP contribution in [0.2, 0.25) is 0 Å². The number of hydrogen-bond acceptors (Lipinski definition) is 5. The first-order chi connectivity index (χ1) is 12.5. The second kappa shape index (κ2) is 7.84. The monoisotopic (exact) mass is 362 g/mol. The zero-order valence-electron chi connectivity index (χ0n) is 16.0. The van der Waals surface area contributed by atoms with Crippen molar-refractivity contribution in [2.75, 3.05) is 47.0 Å². The first kappa shape index (κ1) is 19.0. The summed E-state index contributed by atoms with van der Waals surface area (Å²) < 4.78 is 10.9. The van der Waals surface area contributed by atoms with Crippen molar-refractivity contribution in [1.82, 2.24) is 9.80 Å². The number of ether oxygens (including phenoxy) is 2. The molecule has 0 bridgehead atoms. The van der Waals surface area contributed by atoms with Gasteiger partial charge in [0, 0.05) is 30.1 Å². The summed E-state index contributed by atoms with van der Waals surface area (Å²) in [4.78, 5) is 17.3. The van der Waals surface area contributed by atoms with Gasteiger partial charge >= 0.3 is 0 Å². The molecule has 0 unspecified atom stereocenters. The molecule has 1 amide bonds. The molecule has 2 fully saturated rings. The lowest BCUT2D eigenvalue weighted by Crippen LogP contribution is -2.62. The fourth-order valence-electron chi connectivity index (χ4n) is 4.46. The molecule has 2 aliphatic rings. The first-order valence-electron chi connectivity index (χ1n) is 9.46. The molecule has 3 rings (SSSR count). The average Bonchev–Trinajstić information content (AvgIpc) is 2.68. The number of benzene rings is 1. The van der Waals surface area contributed by atoms with Gasteiger partial charge in [-0.3, -0.25) is 4.79 Å². The number of nitrogens with zero attached hydrogens (tertiary/aromatic N) is 2. The predicted octanol–water partition coefficient (Wildman–Crippen LogP) is 2.01. The Labute approximate surface area is 155 Å². The van der Waals surface area contributed by atoms with Gasteiger partial charge < -0.3 is 24.4 Å². The van der Waals surface area contributed by atoms with Crippen molar-refractivity contribution >= 4 is 5.91 Å². The van der Waals surface area contributed by atoms with E-state index in [2.05, 4.69) is 11.9 Å². The van der Waals surface area contributed by atoms with Crippen molar-refractivity contribution < 1.29 is 19.4 Å². The van der Waals surface area contributed by atoms with Crippen LogP contribution in [0.5, 0.6) is 11.5 Å². The molecule has 6 heteroatoms. The molecule has 0 saturated carbocycles. The van der Waals surface area contributed by atoms with Crippen LogP contribution in [0.25, 0.3) is 0 Å². The summed E-state index contributed by atoms with van der Waals surface area (Å²) >= 11 is 0. The molecule has 2 saturated heterocycles. The quantitative estimate of drug-likeness (QED) is 0.868. The number of likely N-dealkylation sites (tertiary alicyclic amines) is 2. The topological polar surface area (TPSA) is 62.2 Å². The van der Waals surface area contributed by atoms with Crippen LogP contribution in [-0.2, 0) is 0 Å². The molecule has 1 N–H and O–H groups in total. The molecule has 144 valence electrons. The summed E-state index contributed by atoms with van der Waals surface area (Å²) in [7, 11) is 3.68. The number of methoxy groups -OCH3 is 1. The maximum absolute atomic E-state index is 13.1. The number of amides is 1. The highest BCUT2D eigenvalue weighted by atomic mass is 16.5. The molecule has 0 aliphatic carbocycles. The third-order valence-electron chi connectivity index (χ3n) is 6.01. The maximum Gasteiger partial charge on any atom is 0.254 e. The zero-order chi connectivity index (χ0) is 18.7. The Morgan fingerprint density at radius 1 is 1.31 bits per heavy atom. The molecule has 0 aromatic heterocycles. The molecule has 6 nitrogen and oxygen atoms in total. The van der Waals surface area contributed by atoms with Gasteiger partial charge in [-0.2, -0.15) is 0 Å². The van der Waals surface area contributed by atoms with Gasteiger partial charge in [-0.05, 0) is 58.0 Å². The van der Waals surface area contributed by atoms with E-state index in [0.29, 0.717) is 36.8 Å². The Kier molecular flexibility index (Phi) is 5.73. The van der Waals surface area contributed by atoms with Crippen LogP contribution in [0, 0.1) is 5.41 Å². The molecule has 1 aromatic rings. The van der Waals surface area contributed by atoms with Crippen molar-refractivity contribution in [1.29, 1.82) is 0 Å². The zero-order valence-corrected chi connectivity index (χ0v) is 16.0. The standard InChI is InChI=1S/C20H30N2O4/c1-4-26-16-7-6-15(12-17(16)25-3)19(24)22-11-9-20(14-23)8-5-10-21(2)18(20)13-22/h6-7,12,18,23H,4-5,8-11,13-14H2,1-3H3/t18-,20-/m1/s1. The third kappa shape index (κ3) is 3.40. The predicted molar refractivity (Wildman–Crippen MR) is 99.9 cm³/mol. The number of likely N-dealkylation sites (N-methyl/N-ethyl adjacent to an activating group) is 1. The van der Waals surface area contributed by atoms with E-state index >= 15 is 0 Å².